The van der Waals surface area contributed by atoms with Crippen LogP contribution in [0.25, 0.3) is 0 Å². The summed E-state index contributed by atoms with van der Waals surface area (Å²) in [4.78, 5) is 0. The first-order valence-electron chi connectivity index (χ1n) is 7.65. The summed E-state index contributed by atoms with van der Waals surface area (Å²) < 4.78 is 19.3. The highest BCUT2D eigenvalue weighted by atomic mass is 35.5. The van der Waals surface area contributed by atoms with E-state index < -0.39 is 0 Å². The van der Waals surface area contributed by atoms with Crippen LogP contribution >= 0.6 is 11.6 Å². The van der Waals surface area contributed by atoms with E-state index in [-0.39, 0.29) is 12.4 Å². The molecule has 0 saturated heterocycles. The number of halogens is 2. The highest BCUT2D eigenvalue weighted by molar-refractivity contribution is 6.30. The van der Waals surface area contributed by atoms with Gasteiger partial charge in [0.15, 0.2) is 0 Å². The second-order valence-electron chi connectivity index (χ2n) is 5.39. The van der Waals surface area contributed by atoms with Gasteiger partial charge in [0.25, 0.3) is 0 Å². The Hall–Kier alpha value is -2.52. The Morgan fingerprint density at radius 3 is 2.50 bits per heavy atom. The van der Waals surface area contributed by atoms with Crippen LogP contribution in [0.3, 0.4) is 0 Å². The van der Waals surface area contributed by atoms with Crippen molar-refractivity contribution in [2.75, 3.05) is 5.32 Å². The summed E-state index contributed by atoms with van der Waals surface area (Å²) in [6.45, 7) is 0.874. The molecule has 0 radical (unpaired) electrons. The molecule has 24 heavy (non-hydrogen) atoms. The molecule has 0 saturated carbocycles. The molecule has 0 bridgehead atoms. The van der Waals surface area contributed by atoms with Crippen molar-refractivity contribution in [2.24, 2.45) is 0 Å². The maximum absolute atomic E-state index is 13.6. The maximum Gasteiger partial charge on any atom is 0.129 e. The molecule has 0 unspecified atom stereocenters. The Morgan fingerprint density at radius 1 is 0.917 bits per heavy atom. The van der Waals surface area contributed by atoms with Gasteiger partial charge in [-0.25, -0.2) is 4.39 Å². The lowest BCUT2D eigenvalue weighted by Gasteiger charge is -2.10. The van der Waals surface area contributed by atoms with E-state index in [0.717, 1.165) is 11.3 Å². The van der Waals surface area contributed by atoms with Gasteiger partial charge in [-0.2, -0.15) is 0 Å². The van der Waals surface area contributed by atoms with Crippen molar-refractivity contribution < 1.29 is 9.13 Å². The van der Waals surface area contributed by atoms with E-state index in [1.807, 2.05) is 48.5 Å². The zero-order valence-corrected chi connectivity index (χ0v) is 13.8. The van der Waals surface area contributed by atoms with Gasteiger partial charge in [-0.15, -0.1) is 0 Å². The van der Waals surface area contributed by atoms with Gasteiger partial charge in [0.2, 0.25) is 0 Å². The molecule has 3 aromatic rings. The van der Waals surface area contributed by atoms with Crippen LogP contribution in [0.4, 0.5) is 10.1 Å². The number of hydrogen-bond acceptors (Lipinski definition) is 2. The van der Waals surface area contributed by atoms with Crippen molar-refractivity contribution in [3.63, 3.8) is 0 Å². The summed E-state index contributed by atoms with van der Waals surface area (Å²) >= 11 is 5.88. The fourth-order valence-corrected chi connectivity index (χ4v) is 2.42. The highest BCUT2D eigenvalue weighted by Crippen LogP contribution is 2.18. The molecule has 0 aliphatic heterocycles. The van der Waals surface area contributed by atoms with Crippen LogP contribution in [0.15, 0.2) is 72.8 Å². The van der Waals surface area contributed by atoms with Crippen molar-refractivity contribution in [1.29, 1.82) is 0 Å². The summed E-state index contributed by atoms with van der Waals surface area (Å²) in [6, 6.07) is 21.9. The molecule has 0 spiro atoms. The molecule has 3 rings (SSSR count). The van der Waals surface area contributed by atoms with Gasteiger partial charge in [0, 0.05) is 22.8 Å². The molecule has 0 atom stereocenters. The zero-order valence-electron chi connectivity index (χ0n) is 13.0. The SMILES string of the molecule is Fc1ccccc1COc1cccc(CNc2ccc(Cl)cc2)c1. The number of nitrogens with one attached hydrogen (secondary N) is 1. The van der Waals surface area contributed by atoms with Crippen LogP contribution in [0, 0.1) is 5.82 Å². The Labute approximate surface area is 145 Å². The van der Waals surface area contributed by atoms with Gasteiger partial charge < -0.3 is 10.1 Å². The van der Waals surface area contributed by atoms with Gasteiger partial charge in [0.05, 0.1) is 0 Å². The fourth-order valence-electron chi connectivity index (χ4n) is 2.29. The molecule has 0 aliphatic carbocycles. The molecule has 3 aromatic carbocycles. The minimum Gasteiger partial charge on any atom is -0.489 e. The van der Waals surface area contributed by atoms with Crippen LogP contribution < -0.4 is 10.1 Å². The third kappa shape index (κ3) is 4.49. The summed E-state index contributed by atoms with van der Waals surface area (Å²) in [5.74, 6) is 0.465. The third-order valence-corrected chi connectivity index (χ3v) is 3.84. The van der Waals surface area contributed by atoms with Gasteiger partial charge in [-0.1, -0.05) is 41.9 Å². The molecular weight excluding hydrogens is 325 g/mol. The monoisotopic (exact) mass is 341 g/mol. The molecule has 0 fully saturated rings. The molecule has 0 aliphatic rings. The smallest absolute Gasteiger partial charge is 0.129 e. The lowest BCUT2D eigenvalue weighted by molar-refractivity contribution is 0.299. The number of hydrogen-bond donors (Lipinski definition) is 1. The molecule has 122 valence electrons. The van der Waals surface area contributed by atoms with Gasteiger partial charge in [-0.3, -0.25) is 0 Å². The lowest BCUT2D eigenvalue weighted by atomic mass is 10.2. The summed E-state index contributed by atoms with van der Waals surface area (Å²) in [5, 5.41) is 4.04. The van der Waals surface area contributed by atoms with Crippen molar-refractivity contribution in [2.45, 2.75) is 13.2 Å². The average molecular weight is 342 g/mol. The first-order valence-corrected chi connectivity index (χ1v) is 8.03. The highest BCUT2D eigenvalue weighted by Gasteiger charge is 2.03. The fraction of sp³-hybridized carbons (Fsp3) is 0.100. The third-order valence-electron chi connectivity index (χ3n) is 3.59. The van der Waals surface area contributed by atoms with Crippen LogP contribution in [0.5, 0.6) is 5.75 Å². The first kappa shape index (κ1) is 16.3. The van der Waals surface area contributed by atoms with Crippen molar-refractivity contribution in [3.8, 4) is 5.75 Å². The first-order chi connectivity index (χ1) is 11.7. The molecule has 4 heteroatoms. The second-order valence-corrected chi connectivity index (χ2v) is 5.82. The predicted octanol–water partition coefficient (Wildman–Crippen LogP) is 5.67. The van der Waals surface area contributed by atoms with Gasteiger partial charge >= 0.3 is 0 Å². The standard InChI is InChI=1S/C20H17ClFNO/c21-17-8-10-18(11-9-17)23-13-15-4-3-6-19(12-15)24-14-16-5-1-2-7-20(16)22/h1-12,23H,13-14H2. The molecule has 0 heterocycles. The minimum absolute atomic E-state index is 0.209. The van der Waals surface area contributed by atoms with Gasteiger partial charge in [0.1, 0.15) is 18.2 Å². The predicted molar refractivity (Wildman–Crippen MR) is 96.0 cm³/mol. The maximum atomic E-state index is 13.6. The Morgan fingerprint density at radius 2 is 1.71 bits per heavy atom. The van der Waals surface area contributed by atoms with Crippen LogP contribution in [0.1, 0.15) is 11.1 Å². The number of rotatable bonds is 6. The molecular formula is C20H17ClFNO. The van der Waals surface area contributed by atoms with E-state index in [9.17, 15) is 4.39 Å². The molecule has 0 amide bonds. The van der Waals surface area contributed by atoms with Crippen molar-refractivity contribution in [3.05, 3.63) is 94.8 Å². The lowest BCUT2D eigenvalue weighted by Crippen LogP contribution is -2.01. The van der Waals surface area contributed by atoms with Crippen molar-refractivity contribution in [1.82, 2.24) is 0 Å². The Kier molecular flexibility index (Phi) is 5.34. The number of benzene rings is 3. The normalized spacial score (nSPS) is 10.4. The van der Waals surface area contributed by atoms with E-state index in [1.54, 1.807) is 18.2 Å². The van der Waals surface area contributed by atoms with Gasteiger partial charge in [-0.05, 0) is 48.0 Å². The largest absolute Gasteiger partial charge is 0.489 e. The van der Waals surface area contributed by atoms with Crippen LogP contribution in [0.2, 0.25) is 5.02 Å². The zero-order chi connectivity index (χ0) is 16.8. The van der Waals surface area contributed by atoms with Crippen LogP contribution in [-0.4, -0.2) is 0 Å². The topological polar surface area (TPSA) is 21.3 Å². The summed E-state index contributed by atoms with van der Waals surface area (Å²) in [7, 11) is 0. The molecule has 0 aromatic heterocycles. The second kappa shape index (κ2) is 7.84. The summed E-state index contributed by atoms with van der Waals surface area (Å²) in [5.41, 5.74) is 2.62. The molecule has 2 nitrogen and oxygen atoms in total. The minimum atomic E-state index is -0.252. The quantitative estimate of drug-likeness (QED) is 0.623. The van der Waals surface area contributed by atoms with Crippen molar-refractivity contribution >= 4 is 17.3 Å². The summed E-state index contributed by atoms with van der Waals surface area (Å²) in [6.07, 6.45) is 0. The van der Waals surface area contributed by atoms with Crippen LogP contribution in [-0.2, 0) is 13.2 Å². The number of anilines is 1. The Balaban J connectivity index is 1.59. The van der Waals surface area contributed by atoms with E-state index >= 15 is 0 Å². The molecule has 1 N–H and O–H groups in total. The van der Waals surface area contributed by atoms with E-state index in [2.05, 4.69) is 5.32 Å². The Bertz CT molecular complexity index is 805. The van der Waals surface area contributed by atoms with E-state index in [0.29, 0.717) is 22.9 Å². The van der Waals surface area contributed by atoms with E-state index in [4.69, 9.17) is 16.3 Å². The average Bonchev–Trinajstić information content (AvgIpc) is 2.61. The van der Waals surface area contributed by atoms with E-state index in [1.165, 1.54) is 6.07 Å². The number of ether oxygens (including phenoxy) is 1.